The normalized spacial score (nSPS) is 12.1. The number of hydrogen-bond donors (Lipinski definition) is 4. The second kappa shape index (κ2) is 6.67. The molecule has 0 amide bonds. The third-order valence-electron chi connectivity index (χ3n) is 2.60. The Morgan fingerprint density at radius 2 is 1.26 bits per heavy atom. The number of hydrogen-bond acceptors (Lipinski definition) is 4. The number of aromatic hydroxyl groups is 1. The fourth-order valence-corrected chi connectivity index (χ4v) is 1.95. The molecular formula is C14H25O4P. The summed E-state index contributed by atoms with van der Waals surface area (Å²) in [6.45, 7) is 12.9. The van der Waals surface area contributed by atoms with Crippen molar-refractivity contribution in [3.05, 3.63) is 29.3 Å². The van der Waals surface area contributed by atoms with E-state index in [-0.39, 0.29) is 10.8 Å². The molecule has 1 aromatic carbocycles. The molecule has 0 unspecified atom stereocenters. The molecule has 5 heteroatoms. The predicted molar refractivity (Wildman–Crippen MR) is 79.1 cm³/mol. The van der Waals surface area contributed by atoms with Gasteiger partial charge in [0, 0.05) is 5.56 Å². The highest BCUT2D eigenvalue weighted by Gasteiger charge is 2.27. The second-order valence-corrected chi connectivity index (χ2v) is 7.00. The Kier molecular flexibility index (Phi) is 6.43. The van der Waals surface area contributed by atoms with Crippen LogP contribution in [0.4, 0.5) is 0 Å². The molecule has 0 fully saturated rings. The van der Waals surface area contributed by atoms with Crippen molar-refractivity contribution < 1.29 is 19.8 Å². The summed E-state index contributed by atoms with van der Waals surface area (Å²) >= 11 is 0. The molecular weight excluding hydrogens is 263 g/mol. The van der Waals surface area contributed by atoms with E-state index < -0.39 is 8.60 Å². The molecule has 0 spiro atoms. The monoisotopic (exact) mass is 288 g/mol. The van der Waals surface area contributed by atoms with Gasteiger partial charge in [0.25, 0.3) is 0 Å². The van der Waals surface area contributed by atoms with E-state index >= 15 is 0 Å². The first-order valence-corrected chi connectivity index (χ1v) is 7.27. The summed E-state index contributed by atoms with van der Waals surface area (Å²) in [7, 11) is -2.62. The number of phenolic OH excluding ortho intramolecular Hbond substituents is 1. The van der Waals surface area contributed by atoms with Gasteiger partial charge in [-0.1, -0.05) is 53.7 Å². The van der Waals surface area contributed by atoms with Crippen LogP contribution in [0.25, 0.3) is 0 Å². The summed E-state index contributed by atoms with van der Waals surface area (Å²) in [5.74, 6) is 0.412. The van der Waals surface area contributed by atoms with E-state index in [1.165, 1.54) is 5.56 Å². The van der Waals surface area contributed by atoms with Crippen molar-refractivity contribution in [3.8, 4) is 5.75 Å². The summed E-state index contributed by atoms with van der Waals surface area (Å²) < 4.78 is 0. The molecule has 4 N–H and O–H groups in total. The molecule has 0 atom stereocenters. The van der Waals surface area contributed by atoms with E-state index in [2.05, 4.69) is 47.6 Å². The molecule has 0 aliphatic carbocycles. The number of rotatable bonds is 0. The Bertz CT molecular complexity index is 400. The number of benzene rings is 1. The van der Waals surface area contributed by atoms with Gasteiger partial charge in [0.15, 0.2) is 0 Å². The van der Waals surface area contributed by atoms with Crippen molar-refractivity contribution in [1.29, 1.82) is 0 Å². The van der Waals surface area contributed by atoms with Crippen LogP contribution in [0, 0.1) is 0 Å². The summed E-state index contributed by atoms with van der Waals surface area (Å²) in [5, 5.41) is 9.99. The molecule has 0 saturated carbocycles. The van der Waals surface area contributed by atoms with Crippen LogP contribution in [0.15, 0.2) is 18.2 Å². The van der Waals surface area contributed by atoms with Crippen molar-refractivity contribution in [2.24, 2.45) is 0 Å². The standard InChI is InChI=1S/C14H22O.H3O3P/c1-13(2,3)10-8-7-9-11(15)12(10)14(4,5)6;1-4(2)3/h7-9,15H,1-6H3;1-3H. The van der Waals surface area contributed by atoms with Crippen molar-refractivity contribution in [3.63, 3.8) is 0 Å². The number of phenols is 1. The zero-order valence-corrected chi connectivity index (χ0v) is 13.4. The average Bonchev–Trinajstić information content (AvgIpc) is 2.12. The maximum Gasteiger partial charge on any atom is 0.324 e. The van der Waals surface area contributed by atoms with Gasteiger partial charge in [-0.2, -0.15) is 0 Å². The highest BCUT2D eigenvalue weighted by atomic mass is 31.2. The van der Waals surface area contributed by atoms with E-state index in [9.17, 15) is 5.11 Å². The van der Waals surface area contributed by atoms with Gasteiger partial charge in [-0.3, -0.25) is 0 Å². The predicted octanol–water partition coefficient (Wildman–Crippen LogP) is 3.18. The third-order valence-corrected chi connectivity index (χ3v) is 2.60. The highest BCUT2D eigenvalue weighted by molar-refractivity contribution is 7.38. The lowest BCUT2D eigenvalue weighted by Gasteiger charge is -2.30. The van der Waals surface area contributed by atoms with E-state index in [0.29, 0.717) is 5.75 Å². The first kappa shape index (κ1) is 18.3. The van der Waals surface area contributed by atoms with E-state index in [1.54, 1.807) is 6.07 Å². The minimum Gasteiger partial charge on any atom is -0.508 e. The van der Waals surface area contributed by atoms with Gasteiger partial charge in [0.1, 0.15) is 5.75 Å². The van der Waals surface area contributed by atoms with E-state index in [4.69, 9.17) is 14.7 Å². The third kappa shape index (κ3) is 6.35. The van der Waals surface area contributed by atoms with Gasteiger partial charge in [-0.15, -0.1) is 0 Å². The molecule has 0 heterocycles. The van der Waals surface area contributed by atoms with Crippen LogP contribution >= 0.6 is 8.60 Å². The second-order valence-electron chi connectivity index (χ2n) is 6.47. The lowest BCUT2D eigenvalue weighted by molar-refractivity contribution is 0.368. The van der Waals surface area contributed by atoms with Crippen LogP contribution in [0.5, 0.6) is 5.75 Å². The summed E-state index contributed by atoms with van der Waals surface area (Å²) in [5.41, 5.74) is 2.35. The smallest absolute Gasteiger partial charge is 0.324 e. The minimum absolute atomic E-state index is 0.0199. The zero-order chi connectivity index (χ0) is 15.4. The fourth-order valence-electron chi connectivity index (χ4n) is 1.95. The Labute approximate surface area is 116 Å². The molecule has 0 aliphatic rings. The molecule has 0 aliphatic heterocycles. The van der Waals surface area contributed by atoms with Crippen molar-refractivity contribution in [1.82, 2.24) is 0 Å². The summed E-state index contributed by atoms with van der Waals surface area (Å²) in [6.07, 6.45) is 0. The quantitative estimate of drug-likeness (QED) is 0.553. The van der Waals surface area contributed by atoms with Crippen LogP contribution in [-0.2, 0) is 10.8 Å². The average molecular weight is 288 g/mol. The molecule has 1 aromatic rings. The fraction of sp³-hybridized carbons (Fsp3) is 0.571. The first-order valence-electron chi connectivity index (χ1n) is 6.07. The van der Waals surface area contributed by atoms with Gasteiger partial charge in [-0.05, 0) is 22.5 Å². The molecule has 19 heavy (non-hydrogen) atoms. The molecule has 110 valence electrons. The van der Waals surface area contributed by atoms with Crippen LogP contribution < -0.4 is 0 Å². The van der Waals surface area contributed by atoms with Gasteiger partial charge in [0.2, 0.25) is 0 Å². The van der Waals surface area contributed by atoms with Crippen LogP contribution in [-0.4, -0.2) is 19.8 Å². The summed E-state index contributed by atoms with van der Waals surface area (Å²) in [6, 6.07) is 5.81. The SMILES string of the molecule is CC(C)(C)c1cccc(O)c1C(C)(C)C.OP(O)O. The van der Waals surface area contributed by atoms with Crippen molar-refractivity contribution >= 4 is 8.60 Å². The maximum absolute atomic E-state index is 9.99. The van der Waals surface area contributed by atoms with Crippen LogP contribution in [0.3, 0.4) is 0 Å². The van der Waals surface area contributed by atoms with E-state index in [0.717, 1.165) is 5.56 Å². The molecule has 4 nitrogen and oxygen atoms in total. The molecule has 0 bridgehead atoms. The Morgan fingerprint density at radius 1 is 0.842 bits per heavy atom. The zero-order valence-electron chi connectivity index (χ0n) is 12.5. The van der Waals surface area contributed by atoms with Crippen LogP contribution in [0.2, 0.25) is 0 Å². The maximum atomic E-state index is 9.99. The molecule has 0 aromatic heterocycles. The van der Waals surface area contributed by atoms with E-state index in [1.807, 2.05) is 6.07 Å². The molecule has 0 saturated heterocycles. The van der Waals surface area contributed by atoms with Gasteiger partial charge in [-0.25, -0.2) is 0 Å². The Hall–Kier alpha value is -0.670. The lowest BCUT2D eigenvalue weighted by Crippen LogP contribution is -2.21. The highest BCUT2D eigenvalue weighted by Crippen LogP contribution is 2.38. The Balaban J connectivity index is 0.000000711. The summed E-state index contributed by atoms with van der Waals surface area (Å²) in [4.78, 5) is 21.7. The van der Waals surface area contributed by atoms with Crippen molar-refractivity contribution in [2.45, 2.75) is 52.4 Å². The topological polar surface area (TPSA) is 80.9 Å². The molecule has 1 rings (SSSR count). The Morgan fingerprint density at radius 3 is 1.53 bits per heavy atom. The van der Waals surface area contributed by atoms with Crippen molar-refractivity contribution in [2.75, 3.05) is 0 Å². The van der Waals surface area contributed by atoms with Crippen LogP contribution in [0.1, 0.15) is 52.7 Å². The largest absolute Gasteiger partial charge is 0.508 e. The van der Waals surface area contributed by atoms with Gasteiger partial charge < -0.3 is 19.8 Å². The lowest BCUT2D eigenvalue weighted by atomic mass is 9.75. The first-order chi connectivity index (χ1) is 8.37. The molecule has 0 radical (unpaired) electrons. The van der Waals surface area contributed by atoms with Gasteiger partial charge in [0.05, 0.1) is 0 Å². The minimum atomic E-state index is -2.62. The van der Waals surface area contributed by atoms with Gasteiger partial charge >= 0.3 is 8.60 Å².